The Morgan fingerprint density at radius 2 is 2.14 bits per heavy atom. The molecule has 3 rings (SSSR count). The summed E-state index contributed by atoms with van der Waals surface area (Å²) in [4.78, 5) is 25.0. The molecule has 2 aromatic rings. The molecule has 2 aromatic heterocycles. The molecular formula is C16H16BrNO3S. The average molecular weight is 382 g/mol. The van der Waals surface area contributed by atoms with Gasteiger partial charge < -0.3 is 9.67 Å². The lowest BCUT2D eigenvalue weighted by atomic mass is 9.99. The number of carbonyl (C=O) groups excluding carboxylic acids is 1. The number of aryl methyl sites for hydroxylation is 1. The van der Waals surface area contributed by atoms with Gasteiger partial charge in [-0.2, -0.15) is 0 Å². The highest BCUT2D eigenvalue weighted by molar-refractivity contribution is 9.11. The van der Waals surface area contributed by atoms with Crippen LogP contribution in [0.15, 0.2) is 22.0 Å². The Labute approximate surface area is 140 Å². The molecule has 1 unspecified atom stereocenters. The van der Waals surface area contributed by atoms with Crippen LogP contribution in [0.1, 0.15) is 51.8 Å². The van der Waals surface area contributed by atoms with Crippen molar-refractivity contribution >= 4 is 39.0 Å². The van der Waals surface area contributed by atoms with Gasteiger partial charge in [0.2, 0.25) is 5.78 Å². The third-order valence-corrected chi connectivity index (χ3v) is 5.73. The zero-order chi connectivity index (χ0) is 15.9. The molecule has 0 saturated heterocycles. The molecule has 0 fully saturated rings. The second kappa shape index (κ2) is 6.01. The summed E-state index contributed by atoms with van der Waals surface area (Å²) in [6.07, 6.45) is 2.41. The Kier molecular flexibility index (Phi) is 4.23. The molecule has 0 radical (unpaired) electrons. The van der Waals surface area contributed by atoms with Crippen LogP contribution in [-0.4, -0.2) is 21.4 Å². The number of aromatic nitrogens is 1. The summed E-state index contributed by atoms with van der Waals surface area (Å²) in [5.74, 6) is -1.35. The number of carboxylic acids is 1. The van der Waals surface area contributed by atoms with Gasteiger partial charge in [0.25, 0.3) is 0 Å². The van der Waals surface area contributed by atoms with Crippen molar-refractivity contribution in [3.8, 4) is 0 Å². The first-order chi connectivity index (χ1) is 10.5. The Bertz CT molecular complexity index is 747. The largest absolute Gasteiger partial charge is 0.481 e. The van der Waals surface area contributed by atoms with Gasteiger partial charge in [-0.3, -0.25) is 9.59 Å². The van der Waals surface area contributed by atoms with E-state index in [9.17, 15) is 14.7 Å². The smallest absolute Gasteiger partial charge is 0.312 e. The number of nitrogens with zero attached hydrogens (tertiary/aromatic N) is 1. The summed E-state index contributed by atoms with van der Waals surface area (Å²) in [6, 6.07) is 5.54. The molecule has 3 heterocycles. The SMILES string of the molecule is Cc1cc2n(c1C(=O)c1ccc(Br)s1)CCCCC2C(=O)O. The van der Waals surface area contributed by atoms with Crippen LogP contribution in [-0.2, 0) is 11.3 Å². The van der Waals surface area contributed by atoms with Gasteiger partial charge in [0.05, 0.1) is 20.3 Å². The van der Waals surface area contributed by atoms with E-state index in [0.29, 0.717) is 23.5 Å². The number of hydrogen-bond donors (Lipinski definition) is 1. The van der Waals surface area contributed by atoms with E-state index in [1.54, 1.807) is 0 Å². The van der Waals surface area contributed by atoms with Crippen molar-refractivity contribution in [2.75, 3.05) is 0 Å². The van der Waals surface area contributed by atoms with Gasteiger partial charge in [0.1, 0.15) is 0 Å². The summed E-state index contributed by atoms with van der Waals surface area (Å²) >= 11 is 4.78. The monoisotopic (exact) mass is 381 g/mol. The zero-order valence-corrected chi connectivity index (χ0v) is 14.5. The van der Waals surface area contributed by atoms with E-state index in [4.69, 9.17) is 0 Å². The fraction of sp³-hybridized carbons (Fsp3) is 0.375. The van der Waals surface area contributed by atoms with E-state index in [1.807, 2.05) is 29.7 Å². The highest BCUT2D eigenvalue weighted by Crippen LogP contribution is 2.33. The van der Waals surface area contributed by atoms with Gasteiger partial charge in [-0.15, -0.1) is 11.3 Å². The number of rotatable bonds is 3. The number of carboxylic acid groups (broad SMARTS) is 1. The predicted octanol–water partition coefficient (Wildman–Crippen LogP) is 4.20. The Morgan fingerprint density at radius 1 is 1.36 bits per heavy atom. The molecular weight excluding hydrogens is 366 g/mol. The molecule has 1 aliphatic heterocycles. The van der Waals surface area contributed by atoms with Crippen molar-refractivity contribution in [2.24, 2.45) is 0 Å². The maximum atomic E-state index is 12.8. The number of aliphatic carboxylic acids is 1. The Morgan fingerprint density at radius 3 is 2.77 bits per heavy atom. The van der Waals surface area contributed by atoms with Crippen LogP contribution in [0.25, 0.3) is 0 Å². The van der Waals surface area contributed by atoms with Crippen LogP contribution < -0.4 is 0 Å². The molecule has 6 heteroatoms. The Hall–Kier alpha value is -1.40. The molecule has 22 heavy (non-hydrogen) atoms. The summed E-state index contributed by atoms with van der Waals surface area (Å²) in [6.45, 7) is 2.59. The maximum absolute atomic E-state index is 12.8. The lowest BCUT2D eigenvalue weighted by Gasteiger charge is -2.13. The topological polar surface area (TPSA) is 59.3 Å². The molecule has 0 aromatic carbocycles. The molecule has 4 nitrogen and oxygen atoms in total. The number of hydrogen-bond acceptors (Lipinski definition) is 3. The van der Waals surface area contributed by atoms with Crippen LogP contribution in [0.4, 0.5) is 0 Å². The fourth-order valence-corrected chi connectivity index (χ4v) is 4.44. The minimum atomic E-state index is -0.807. The third-order valence-electron chi connectivity index (χ3n) is 4.11. The lowest BCUT2D eigenvalue weighted by molar-refractivity contribution is -0.139. The molecule has 1 aliphatic rings. The van der Waals surface area contributed by atoms with Gasteiger partial charge in [-0.25, -0.2) is 0 Å². The van der Waals surface area contributed by atoms with E-state index in [1.165, 1.54) is 11.3 Å². The number of carbonyl (C=O) groups is 2. The molecule has 0 saturated carbocycles. The van der Waals surface area contributed by atoms with Crippen molar-refractivity contribution in [2.45, 2.75) is 38.6 Å². The predicted molar refractivity (Wildman–Crippen MR) is 88.8 cm³/mol. The van der Waals surface area contributed by atoms with E-state index >= 15 is 0 Å². The lowest BCUT2D eigenvalue weighted by Crippen LogP contribution is -2.16. The van der Waals surface area contributed by atoms with Crippen molar-refractivity contribution in [3.05, 3.63) is 43.8 Å². The summed E-state index contributed by atoms with van der Waals surface area (Å²) < 4.78 is 2.84. The van der Waals surface area contributed by atoms with E-state index in [2.05, 4.69) is 15.9 Å². The van der Waals surface area contributed by atoms with Gasteiger partial charge in [-0.1, -0.05) is 6.42 Å². The minimum Gasteiger partial charge on any atom is -0.481 e. The standard InChI is InChI=1S/C16H16BrNO3S/c1-9-8-11-10(16(20)21)4-2-3-7-18(11)14(9)15(19)12-5-6-13(17)22-12/h5-6,8,10H,2-4,7H2,1H3,(H,20,21). The first-order valence-electron chi connectivity index (χ1n) is 7.22. The molecule has 0 amide bonds. The molecule has 0 aliphatic carbocycles. The van der Waals surface area contributed by atoms with Crippen molar-refractivity contribution in [1.82, 2.24) is 4.57 Å². The normalized spacial score (nSPS) is 17.8. The molecule has 0 spiro atoms. The van der Waals surface area contributed by atoms with E-state index < -0.39 is 11.9 Å². The van der Waals surface area contributed by atoms with Gasteiger partial charge >= 0.3 is 5.97 Å². The quantitative estimate of drug-likeness (QED) is 0.810. The molecule has 1 atom stereocenters. The van der Waals surface area contributed by atoms with Gasteiger partial charge in [-0.05, 0) is 59.5 Å². The first-order valence-corrected chi connectivity index (χ1v) is 8.83. The first kappa shape index (κ1) is 15.5. The van der Waals surface area contributed by atoms with Gasteiger partial charge in [0.15, 0.2) is 0 Å². The van der Waals surface area contributed by atoms with Crippen molar-refractivity contribution in [3.63, 3.8) is 0 Å². The second-order valence-electron chi connectivity index (χ2n) is 5.57. The molecule has 0 bridgehead atoms. The number of thiophene rings is 1. The fourth-order valence-electron chi connectivity index (χ4n) is 3.11. The third kappa shape index (κ3) is 2.65. The zero-order valence-electron chi connectivity index (χ0n) is 12.1. The van der Waals surface area contributed by atoms with E-state index in [0.717, 1.165) is 27.9 Å². The van der Waals surface area contributed by atoms with Crippen LogP contribution >= 0.6 is 27.3 Å². The number of halogens is 1. The molecule has 1 N–H and O–H groups in total. The highest BCUT2D eigenvalue weighted by Gasteiger charge is 2.30. The second-order valence-corrected chi connectivity index (χ2v) is 8.03. The maximum Gasteiger partial charge on any atom is 0.312 e. The molecule has 116 valence electrons. The summed E-state index contributed by atoms with van der Waals surface area (Å²) in [7, 11) is 0. The number of ketones is 1. The van der Waals surface area contributed by atoms with Crippen LogP contribution in [0, 0.1) is 6.92 Å². The van der Waals surface area contributed by atoms with E-state index in [-0.39, 0.29) is 5.78 Å². The average Bonchev–Trinajstić information content (AvgIpc) is 2.96. The minimum absolute atomic E-state index is 0.0227. The van der Waals surface area contributed by atoms with Crippen molar-refractivity contribution in [1.29, 1.82) is 0 Å². The van der Waals surface area contributed by atoms with Gasteiger partial charge in [0, 0.05) is 12.2 Å². The summed E-state index contributed by atoms with van der Waals surface area (Å²) in [5.41, 5.74) is 2.26. The van der Waals surface area contributed by atoms with Crippen molar-refractivity contribution < 1.29 is 14.7 Å². The van der Waals surface area contributed by atoms with Crippen LogP contribution in [0.3, 0.4) is 0 Å². The van der Waals surface area contributed by atoms with Crippen LogP contribution in [0.5, 0.6) is 0 Å². The summed E-state index contributed by atoms with van der Waals surface area (Å²) in [5, 5.41) is 9.47. The number of fused-ring (bicyclic) bond motifs is 1. The van der Waals surface area contributed by atoms with Crippen LogP contribution in [0.2, 0.25) is 0 Å². The highest BCUT2D eigenvalue weighted by atomic mass is 79.9. The Balaban J connectivity index is 2.10.